The van der Waals surface area contributed by atoms with Gasteiger partial charge in [-0.1, -0.05) is 53.9 Å². The average molecular weight is 169 g/mol. The molecule has 0 heteroatoms. The van der Waals surface area contributed by atoms with Gasteiger partial charge in [0, 0.05) is 0 Å². The minimum absolute atomic E-state index is 0.807. The Morgan fingerprint density at radius 3 is 2.08 bits per heavy atom. The van der Waals surface area contributed by atoms with Gasteiger partial charge in [-0.05, 0) is 24.2 Å². The smallest absolute Gasteiger partial charge is 0.0241 e. The quantitative estimate of drug-likeness (QED) is 0.515. The van der Waals surface area contributed by atoms with Gasteiger partial charge in [-0.2, -0.15) is 0 Å². The summed E-state index contributed by atoms with van der Waals surface area (Å²) in [6, 6.07) is 0. The molecule has 0 aromatic heterocycles. The monoisotopic (exact) mass is 169 g/mol. The standard InChI is InChI=1S/C12H25/c1-6-7-8-9-11(4)12(5)10(2)3/h10,12H,6-9H2,1-5H3. The molecule has 0 amide bonds. The second kappa shape index (κ2) is 6.51. The second-order valence-electron chi connectivity index (χ2n) is 4.34. The third-order valence-electron chi connectivity index (χ3n) is 2.95. The van der Waals surface area contributed by atoms with E-state index in [4.69, 9.17) is 0 Å². The first kappa shape index (κ1) is 12.0. The van der Waals surface area contributed by atoms with E-state index in [2.05, 4.69) is 34.6 Å². The van der Waals surface area contributed by atoms with Gasteiger partial charge in [-0.25, -0.2) is 0 Å². The van der Waals surface area contributed by atoms with Crippen LogP contribution in [-0.2, 0) is 0 Å². The van der Waals surface area contributed by atoms with Gasteiger partial charge in [0.05, 0.1) is 0 Å². The van der Waals surface area contributed by atoms with E-state index in [-0.39, 0.29) is 0 Å². The second-order valence-corrected chi connectivity index (χ2v) is 4.34. The highest BCUT2D eigenvalue weighted by molar-refractivity contribution is 4.90. The number of unbranched alkanes of at least 4 members (excludes halogenated alkanes) is 2. The molecule has 0 bridgehead atoms. The predicted molar refractivity (Wildman–Crippen MR) is 57.1 cm³/mol. The van der Waals surface area contributed by atoms with Gasteiger partial charge in [0.2, 0.25) is 0 Å². The summed E-state index contributed by atoms with van der Waals surface area (Å²) in [4.78, 5) is 0. The van der Waals surface area contributed by atoms with Crippen LogP contribution in [0.1, 0.15) is 60.3 Å². The summed E-state index contributed by atoms with van der Waals surface area (Å²) in [5.41, 5.74) is 0. The van der Waals surface area contributed by atoms with E-state index in [1.165, 1.54) is 25.7 Å². The summed E-state index contributed by atoms with van der Waals surface area (Å²) in [5, 5.41) is 0. The van der Waals surface area contributed by atoms with E-state index >= 15 is 0 Å². The van der Waals surface area contributed by atoms with Crippen LogP contribution in [0.4, 0.5) is 0 Å². The van der Waals surface area contributed by atoms with Crippen LogP contribution in [-0.4, -0.2) is 0 Å². The van der Waals surface area contributed by atoms with E-state index < -0.39 is 0 Å². The summed E-state index contributed by atoms with van der Waals surface area (Å²) in [6.45, 7) is 11.6. The summed E-state index contributed by atoms with van der Waals surface area (Å²) >= 11 is 0. The zero-order chi connectivity index (χ0) is 9.56. The SMILES string of the molecule is CCCCC[C](C)C(C)C(C)C. The fourth-order valence-corrected chi connectivity index (χ4v) is 1.45. The number of hydrogen-bond acceptors (Lipinski definition) is 0. The molecule has 0 saturated carbocycles. The summed E-state index contributed by atoms with van der Waals surface area (Å²) < 4.78 is 0. The first-order chi connectivity index (χ1) is 5.59. The molecule has 1 radical (unpaired) electrons. The van der Waals surface area contributed by atoms with Gasteiger partial charge in [-0.15, -0.1) is 0 Å². The molecule has 0 aromatic carbocycles. The van der Waals surface area contributed by atoms with Crippen molar-refractivity contribution in [1.29, 1.82) is 0 Å². The Balaban J connectivity index is 3.49. The Morgan fingerprint density at radius 1 is 1.08 bits per heavy atom. The van der Waals surface area contributed by atoms with Crippen molar-refractivity contribution in [2.75, 3.05) is 0 Å². The molecule has 1 unspecified atom stereocenters. The first-order valence-electron chi connectivity index (χ1n) is 5.41. The van der Waals surface area contributed by atoms with Gasteiger partial charge in [0.15, 0.2) is 0 Å². The lowest BCUT2D eigenvalue weighted by Crippen LogP contribution is -2.12. The van der Waals surface area contributed by atoms with Crippen LogP contribution in [0, 0.1) is 17.8 Å². The van der Waals surface area contributed by atoms with Crippen molar-refractivity contribution in [3.63, 3.8) is 0 Å². The molecule has 73 valence electrons. The van der Waals surface area contributed by atoms with Crippen LogP contribution < -0.4 is 0 Å². The topological polar surface area (TPSA) is 0 Å². The molecule has 0 nitrogen and oxygen atoms in total. The molecule has 0 heterocycles. The van der Waals surface area contributed by atoms with Crippen molar-refractivity contribution >= 4 is 0 Å². The van der Waals surface area contributed by atoms with E-state index in [1.807, 2.05) is 0 Å². The summed E-state index contributed by atoms with van der Waals surface area (Å²) in [6.07, 6.45) is 5.46. The van der Waals surface area contributed by atoms with Crippen molar-refractivity contribution in [1.82, 2.24) is 0 Å². The van der Waals surface area contributed by atoms with Gasteiger partial charge in [-0.3, -0.25) is 0 Å². The highest BCUT2D eigenvalue weighted by Crippen LogP contribution is 2.26. The van der Waals surface area contributed by atoms with Crippen molar-refractivity contribution in [3.05, 3.63) is 5.92 Å². The van der Waals surface area contributed by atoms with Crippen molar-refractivity contribution in [2.24, 2.45) is 11.8 Å². The van der Waals surface area contributed by atoms with Crippen LogP contribution in [0.2, 0.25) is 0 Å². The van der Waals surface area contributed by atoms with Crippen LogP contribution in [0.3, 0.4) is 0 Å². The third-order valence-corrected chi connectivity index (χ3v) is 2.95. The first-order valence-corrected chi connectivity index (χ1v) is 5.41. The number of hydrogen-bond donors (Lipinski definition) is 0. The van der Waals surface area contributed by atoms with E-state index in [9.17, 15) is 0 Å². The summed E-state index contributed by atoms with van der Waals surface area (Å²) in [5.74, 6) is 3.31. The Bertz CT molecular complexity index is 94.2. The lowest BCUT2D eigenvalue weighted by atomic mass is 9.83. The third kappa shape index (κ3) is 4.79. The largest absolute Gasteiger partial charge is 0.0654 e. The molecular weight excluding hydrogens is 144 g/mol. The fourth-order valence-electron chi connectivity index (χ4n) is 1.45. The predicted octanol–water partition coefficient (Wildman–Crippen LogP) is 4.45. The lowest BCUT2D eigenvalue weighted by molar-refractivity contribution is 0.410. The maximum atomic E-state index is 2.35. The van der Waals surface area contributed by atoms with E-state index in [0.29, 0.717) is 0 Å². The molecule has 0 aliphatic rings. The minimum atomic E-state index is 0.807. The van der Waals surface area contributed by atoms with Crippen LogP contribution in [0.15, 0.2) is 0 Å². The van der Waals surface area contributed by atoms with Crippen LogP contribution in [0.5, 0.6) is 0 Å². The van der Waals surface area contributed by atoms with Gasteiger partial charge >= 0.3 is 0 Å². The zero-order valence-electron chi connectivity index (χ0n) is 9.48. The normalized spacial score (nSPS) is 14.2. The average Bonchev–Trinajstić information content (AvgIpc) is 2.03. The molecule has 0 N–H and O–H groups in total. The zero-order valence-corrected chi connectivity index (χ0v) is 9.48. The molecule has 0 rings (SSSR count). The maximum absolute atomic E-state index is 2.35. The lowest BCUT2D eigenvalue weighted by Gasteiger charge is -2.22. The molecule has 1 atom stereocenters. The molecule has 0 spiro atoms. The van der Waals surface area contributed by atoms with Crippen molar-refractivity contribution < 1.29 is 0 Å². The number of rotatable bonds is 6. The van der Waals surface area contributed by atoms with E-state index in [0.717, 1.165) is 11.8 Å². The Labute approximate surface area is 78.8 Å². The van der Waals surface area contributed by atoms with Crippen molar-refractivity contribution in [3.8, 4) is 0 Å². The Kier molecular flexibility index (Phi) is 6.51. The molecule has 0 aromatic rings. The highest BCUT2D eigenvalue weighted by Gasteiger charge is 2.15. The Hall–Kier alpha value is 0. The highest BCUT2D eigenvalue weighted by atomic mass is 14.2. The molecule has 12 heavy (non-hydrogen) atoms. The minimum Gasteiger partial charge on any atom is -0.0654 e. The van der Waals surface area contributed by atoms with Crippen LogP contribution in [0.25, 0.3) is 0 Å². The van der Waals surface area contributed by atoms with Gasteiger partial charge in [0.25, 0.3) is 0 Å². The maximum Gasteiger partial charge on any atom is -0.0241 e. The molecule has 0 aliphatic carbocycles. The summed E-state index contributed by atoms with van der Waals surface area (Å²) in [7, 11) is 0. The molecule has 0 fully saturated rings. The van der Waals surface area contributed by atoms with Gasteiger partial charge in [0.1, 0.15) is 0 Å². The molecule has 0 saturated heterocycles. The Morgan fingerprint density at radius 2 is 1.67 bits per heavy atom. The van der Waals surface area contributed by atoms with Crippen molar-refractivity contribution in [2.45, 2.75) is 60.3 Å². The molecule has 0 aliphatic heterocycles. The molecular formula is C12H25. The fraction of sp³-hybridized carbons (Fsp3) is 0.917. The van der Waals surface area contributed by atoms with E-state index in [1.54, 1.807) is 5.92 Å². The van der Waals surface area contributed by atoms with Gasteiger partial charge < -0.3 is 0 Å². The van der Waals surface area contributed by atoms with Crippen LogP contribution >= 0.6 is 0 Å².